The summed E-state index contributed by atoms with van der Waals surface area (Å²) in [6, 6.07) is 23.4. The quantitative estimate of drug-likeness (QED) is 0.0593. The number of Topliss-reactive ketones (excluding diaryl/α,β-unsaturated/α-hetero) is 2. The Labute approximate surface area is 292 Å². The Morgan fingerprint density at radius 3 is 1.48 bits per heavy atom. The Hall–Kier alpha value is -5.32. The van der Waals surface area contributed by atoms with E-state index >= 15 is 0 Å². The Morgan fingerprint density at radius 1 is 0.538 bits per heavy atom. The van der Waals surface area contributed by atoms with Crippen LogP contribution in [0.3, 0.4) is 0 Å². The molecule has 0 N–H and O–H groups in total. The number of halogens is 10. The summed E-state index contributed by atoms with van der Waals surface area (Å²) < 4.78 is 130. The highest BCUT2D eigenvalue weighted by atomic mass is 19.4. The van der Waals surface area contributed by atoms with E-state index in [4.69, 9.17) is 0 Å². The second-order valence-corrected chi connectivity index (χ2v) is 11.1. The average Bonchev–Trinajstić information content (AvgIpc) is 3.07. The summed E-state index contributed by atoms with van der Waals surface area (Å²) in [6.45, 7) is -5.88. The van der Waals surface area contributed by atoms with Gasteiger partial charge in [-0.1, -0.05) is 42.2 Å². The lowest BCUT2D eigenvalue weighted by atomic mass is 9.98. The van der Waals surface area contributed by atoms with Crippen molar-refractivity contribution in [1.82, 2.24) is 0 Å². The molecule has 4 nitrogen and oxygen atoms in total. The van der Waals surface area contributed by atoms with Gasteiger partial charge in [0.1, 0.15) is 11.5 Å². The first-order valence-electron chi connectivity index (χ1n) is 15.5. The van der Waals surface area contributed by atoms with E-state index in [1.807, 2.05) is 0 Å². The van der Waals surface area contributed by atoms with E-state index in [2.05, 4.69) is 21.3 Å². The maximum atomic E-state index is 12.3. The molecule has 0 aliphatic heterocycles. The zero-order chi connectivity index (χ0) is 38.3. The minimum Gasteiger partial charge on any atom is -0.435 e. The topological polar surface area (TPSA) is 52.6 Å². The van der Waals surface area contributed by atoms with Gasteiger partial charge in [-0.2, -0.15) is 43.9 Å². The van der Waals surface area contributed by atoms with Crippen LogP contribution in [0.25, 0.3) is 0 Å². The highest BCUT2D eigenvalue weighted by Gasteiger charge is 2.27. The average molecular weight is 741 g/mol. The highest BCUT2D eigenvalue weighted by Crippen LogP contribution is 2.24. The molecule has 4 aromatic carbocycles. The van der Waals surface area contributed by atoms with Crippen LogP contribution in [0.1, 0.15) is 68.7 Å². The van der Waals surface area contributed by atoms with Gasteiger partial charge in [-0.15, -0.1) is 0 Å². The van der Waals surface area contributed by atoms with Crippen LogP contribution in [0.15, 0.2) is 97.1 Å². The lowest BCUT2D eigenvalue weighted by molar-refractivity contribution is -0.136. The van der Waals surface area contributed by atoms with Crippen molar-refractivity contribution in [3.63, 3.8) is 0 Å². The molecule has 52 heavy (non-hydrogen) atoms. The summed E-state index contributed by atoms with van der Waals surface area (Å²) in [5.41, 5.74) is 2.64. The third kappa shape index (κ3) is 15.7. The van der Waals surface area contributed by atoms with Gasteiger partial charge >= 0.3 is 25.6 Å². The minimum atomic E-state index is -4.25. The van der Waals surface area contributed by atoms with Crippen LogP contribution in [0, 0.1) is 11.8 Å². The molecule has 276 valence electrons. The first kappa shape index (κ1) is 41.1. The molecule has 0 amide bonds. The maximum absolute atomic E-state index is 12.3. The fourth-order valence-corrected chi connectivity index (χ4v) is 4.57. The van der Waals surface area contributed by atoms with Gasteiger partial charge in [0.25, 0.3) is 0 Å². The smallest absolute Gasteiger partial charge is 0.389 e. The van der Waals surface area contributed by atoms with Crippen LogP contribution in [0.4, 0.5) is 43.9 Å². The normalized spacial score (nSPS) is 11.3. The lowest BCUT2D eigenvalue weighted by Gasteiger charge is -2.07. The van der Waals surface area contributed by atoms with E-state index in [-0.39, 0.29) is 41.9 Å². The van der Waals surface area contributed by atoms with Crippen molar-refractivity contribution < 1.29 is 63.0 Å². The van der Waals surface area contributed by atoms with Gasteiger partial charge in [-0.3, -0.25) is 9.59 Å². The van der Waals surface area contributed by atoms with Crippen molar-refractivity contribution in [1.29, 1.82) is 0 Å². The third-order valence-corrected chi connectivity index (χ3v) is 6.95. The van der Waals surface area contributed by atoms with Gasteiger partial charge in [0.15, 0.2) is 0 Å². The van der Waals surface area contributed by atoms with Crippen LogP contribution >= 0.6 is 0 Å². The molecule has 0 heterocycles. The summed E-state index contributed by atoms with van der Waals surface area (Å²) >= 11 is 0. The van der Waals surface area contributed by atoms with Crippen molar-refractivity contribution in [2.75, 3.05) is 0 Å². The molecule has 0 fully saturated rings. The Kier molecular flexibility index (Phi) is 15.3. The second-order valence-electron chi connectivity index (χ2n) is 11.1. The molecule has 0 radical (unpaired) electrons. The highest BCUT2D eigenvalue weighted by molar-refractivity contribution is 6.49. The molecule has 14 heteroatoms. The van der Waals surface area contributed by atoms with Gasteiger partial charge in [-0.25, -0.2) is 0 Å². The van der Waals surface area contributed by atoms with Crippen molar-refractivity contribution in [2.45, 2.75) is 64.1 Å². The van der Waals surface area contributed by atoms with E-state index in [0.29, 0.717) is 23.1 Å². The summed E-state index contributed by atoms with van der Waals surface area (Å²) in [7, 11) is 0. The first-order chi connectivity index (χ1) is 24.5. The Morgan fingerprint density at radius 2 is 0.981 bits per heavy atom. The van der Waals surface area contributed by atoms with E-state index in [1.165, 1.54) is 42.5 Å². The zero-order valence-electron chi connectivity index (χ0n) is 27.0. The summed E-state index contributed by atoms with van der Waals surface area (Å²) in [5.74, 6) is 3.99. The number of carbonyl (C=O) groups is 2. The van der Waals surface area contributed by atoms with E-state index in [9.17, 15) is 53.5 Å². The van der Waals surface area contributed by atoms with Crippen LogP contribution in [-0.2, 0) is 12.8 Å². The van der Waals surface area contributed by atoms with Gasteiger partial charge in [-0.05, 0) is 104 Å². The summed E-state index contributed by atoms with van der Waals surface area (Å²) in [5, 5.41) is 0. The standard InChI is InChI=1S/C19H15F5O3.C19H15F5O/c20-18(21)27-15-8-6-13(7-9-15)16(25)17(26)14-5-1-3-12(11-14)4-2-10-19(22,23)24;20-18(21)25-17-10-8-14(9-11-17)6-7-16-4-1-3-15(13-16)5-2-12-19(22,23)24/h1,3,5-9,11,18H,2,4,10H2;1,3-4,8-11,13,18H,2,5,12H2. The lowest BCUT2D eigenvalue weighted by Crippen LogP contribution is -2.15. The number of benzene rings is 4. The molecular formula is C38H30F10O4. The maximum Gasteiger partial charge on any atom is 0.389 e. The fraction of sp³-hybridized carbons (Fsp3) is 0.263. The van der Waals surface area contributed by atoms with Gasteiger partial charge in [0, 0.05) is 35.1 Å². The SMILES string of the molecule is FC(F)Oc1ccc(C#Cc2cccc(CCCC(F)(F)F)c2)cc1.O=C(C(=O)c1cccc(CCCC(F)(F)F)c1)c1ccc(OC(F)F)cc1. The molecule has 0 atom stereocenters. The molecule has 0 spiro atoms. The predicted molar refractivity (Wildman–Crippen MR) is 172 cm³/mol. The number of rotatable bonds is 13. The number of hydrogen-bond acceptors (Lipinski definition) is 4. The van der Waals surface area contributed by atoms with Gasteiger partial charge < -0.3 is 9.47 Å². The number of ketones is 2. The van der Waals surface area contributed by atoms with Crippen LogP contribution < -0.4 is 9.47 Å². The molecule has 0 bridgehead atoms. The second kappa shape index (κ2) is 19.3. The van der Waals surface area contributed by atoms with Crippen LogP contribution in [0.5, 0.6) is 11.5 Å². The number of aryl methyl sites for hydroxylation is 2. The molecule has 0 saturated carbocycles. The molecule has 0 aliphatic rings. The predicted octanol–water partition coefficient (Wildman–Crippen LogP) is 10.8. The van der Waals surface area contributed by atoms with Gasteiger partial charge in [0.05, 0.1) is 0 Å². The molecule has 4 aromatic rings. The summed E-state index contributed by atoms with van der Waals surface area (Å²) in [6.07, 6.45) is -9.77. The number of ether oxygens (including phenoxy) is 2. The molecule has 0 aliphatic carbocycles. The molecule has 0 aromatic heterocycles. The molecule has 0 unspecified atom stereocenters. The van der Waals surface area contributed by atoms with Crippen molar-refractivity contribution >= 4 is 11.6 Å². The fourth-order valence-electron chi connectivity index (χ4n) is 4.57. The van der Waals surface area contributed by atoms with Crippen LogP contribution in [0.2, 0.25) is 0 Å². The van der Waals surface area contributed by atoms with Gasteiger partial charge in [0.2, 0.25) is 11.6 Å². The Balaban J connectivity index is 0.000000281. The zero-order valence-corrected chi connectivity index (χ0v) is 27.0. The molecular weight excluding hydrogens is 710 g/mol. The van der Waals surface area contributed by atoms with Crippen LogP contribution in [-0.4, -0.2) is 37.1 Å². The van der Waals surface area contributed by atoms with Crippen molar-refractivity contribution in [2.24, 2.45) is 0 Å². The monoisotopic (exact) mass is 740 g/mol. The first-order valence-corrected chi connectivity index (χ1v) is 15.5. The van der Waals surface area contributed by atoms with E-state index in [1.54, 1.807) is 42.5 Å². The molecule has 0 saturated heterocycles. The number of hydrogen-bond donors (Lipinski definition) is 0. The number of carbonyl (C=O) groups excluding carboxylic acids is 2. The number of alkyl halides is 10. The largest absolute Gasteiger partial charge is 0.435 e. The third-order valence-electron chi connectivity index (χ3n) is 6.95. The van der Waals surface area contributed by atoms with Crippen molar-refractivity contribution in [3.8, 4) is 23.3 Å². The van der Waals surface area contributed by atoms with E-state index in [0.717, 1.165) is 17.7 Å². The Bertz CT molecular complexity index is 1810. The minimum absolute atomic E-state index is 0.0101. The van der Waals surface area contributed by atoms with Crippen molar-refractivity contribution in [3.05, 3.63) is 130 Å². The summed E-state index contributed by atoms with van der Waals surface area (Å²) in [4.78, 5) is 24.6. The van der Waals surface area contributed by atoms with E-state index < -0.39 is 50.0 Å². The molecule has 4 rings (SSSR count).